The Hall–Kier alpha value is -3.16. The van der Waals surface area contributed by atoms with Crippen LogP contribution in [0.4, 0.5) is 5.69 Å². The van der Waals surface area contributed by atoms with E-state index >= 15 is 0 Å². The van der Waals surface area contributed by atoms with Crippen molar-refractivity contribution in [3.05, 3.63) is 83.9 Å². The van der Waals surface area contributed by atoms with Gasteiger partial charge in [0.2, 0.25) is 11.8 Å². The zero-order valence-electron chi connectivity index (χ0n) is 24.1. The number of anilines is 1. The summed E-state index contributed by atoms with van der Waals surface area (Å²) in [7, 11) is 4.87. The van der Waals surface area contributed by atoms with Crippen LogP contribution in [0.3, 0.4) is 0 Å². The Morgan fingerprint density at radius 1 is 0.975 bits per heavy atom. The third kappa shape index (κ3) is 8.18. The third-order valence-electron chi connectivity index (χ3n) is 6.59. The number of alkyl halides is 1. The van der Waals surface area contributed by atoms with Gasteiger partial charge in [0.15, 0.2) is 0 Å². The minimum atomic E-state index is -1.18. The first-order valence-electron chi connectivity index (χ1n) is 13.3. The summed E-state index contributed by atoms with van der Waals surface area (Å²) in [5.41, 5.74) is 2.69. The molecule has 2 amide bonds. The van der Waals surface area contributed by atoms with Crippen LogP contribution in [0.2, 0.25) is 0 Å². The Bertz CT molecular complexity index is 1270. The number of benzene rings is 3. The van der Waals surface area contributed by atoms with Gasteiger partial charge in [-0.3, -0.25) is 14.5 Å². The number of carbonyl (C=O) groups is 2. The van der Waals surface area contributed by atoms with Gasteiger partial charge >= 0.3 is 0 Å². The van der Waals surface area contributed by atoms with Crippen LogP contribution in [-0.4, -0.2) is 44.0 Å². The molecule has 0 aliphatic carbocycles. The summed E-state index contributed by atoms with van der Waals surface area (Å²) in [6, 6.07) is 22.2. The molecule has 0 aliphatic heterocycles. The lowest BCUT2D eigenvalue weighted by atomic mass is 9.94. The molecule has 1 unspecified atom stereocenters. The van der Waals surface area contributed by atoms with Crippen LogP contribution in [0.25, 0.3) is 0 Å². The van der Waals surface area contributed by atoms with Gasteiger partial charge < -0.3 is 14.8 Å². The van der Waals surface area contributed by atoms with Crippen molar-refractivity contribution in [2.75, 3.05) is 26.2 Å². The van der Waals surface area contributed by atoms with Gasteiger partial charge in [-0.05, 0) is 66.8 Å². The maximum Gasteiger partial charge on any atom is 0.248 e. The maximum absolute atomic E-state index is 14.1. The SMILES string of the molecule is CNC(=O)[C@H](Cc1ccc(OC)cc1SCc1ccc(OC)cc1)N(C(=O)C(C)(Cl)CC(C)C)c1ccccc1. The first-order valence-corrected chi connectivity index (χ1v) is 14.7. The molecule has 214 valence electrons. The summed E-state index contributed by atoms with van der Waals surface area (Å²) < 4.78 is 10.8. The Morgan fingerprint density at radius 3 is 2.17 bits per heavy atom. The molecule has 0 saturated carbocycles. The normalized spacial score (nSPS) is 13.3. The van der Waals surface area contributed by atoms with Crippen molar-refractivity contribution in [2.24, 2.45) is 5.92 Å². The number of hydrogen-bond donors (Lipinski definition) is 1. The number of carbonyl (C=O) groups excluding carboxylic acids is 2. The second-order valence-electron chi connectivity index (χ2n) is 10.3. The first-order chi connectivity index (χ1) is 19.1. The monoisotopic (exact) mass is 582 g/mol. The molecule has 3 rings (SSSR count). The fourth-order valence-electron chi connectivity index (χ4n) is 4.66. The second-order valence-corrected chi connectivity index (χ2v) is 12.1. The zero-order chi connectivity index (χ0) is 29.3. The van der Waals surface area contributed by atoms with Crippen LogP contribution in [0.1, 0.15) is 38.3 Å². The average molecular weight is 583 g/mol. The van der Waals surface area contributed by atoms with E-state index in [9.17, 15) is 9.59 Å². The van der Waals surface area contributed by atoms with Crippen LogP contribution in [0, 0.1) is 5.92 Å². The number of rotatable bonds is 13. The van der Waals surface area contributed by atoms with Crippen molar-refractivity contribution >= 4 is 40.9 Å². The number of ether oxygens (including phenoxy) is 2. The van der Waals surface area contributed by atoms with Gasteiger partial charge in [0.25, 0.3) is 0 Å². The van der Waals surface area contributed by atoms with Gasteiger partial charge in [-0.15, -0.1) is 23.4 Å². The predicted molar refractivity (Wildman–Crippen MR) is 165 cm³/mol. The summed E-state index contributed by atoms with van der Waals surface area (Å²) in [5.74, 6) is 1.87. The summed E-state index contributed by atoms with van der Waals surface area (Å²) in [6.45, 7) is 5.79. The van der Waals surface area contributed by atoms with Crippen molar-refractivity contribution < 1.29 is 19.1 Å². The number of thioether (sulfide) groups is 1. The summed E-state index contributed by atoms with van der Waals surface area (Å²) in [6.07, 6.45) is 0.770. The van der Waals surface area contributed by atoms with E-state index in [0.29, 0.717) is 24.3 Å². The molecule has 3 aromatic carbocycles. The predicted octanol–water partition coefficient (Wildman–Crippen LogP) is 6.73. The molecule has 0 aromatic heterocycles. The quantitative estimate of drug-likeness (QED) is 0.179. The number of hydrogen-bond acceptors (Lipinski definition) is 5. The molecule has 0 bridgehead atoms. The highest BCUT2D eigenvalue weighted by molar-refractivity contribution is 7.98. The van der Waals surface area contributed by atoms with E-state index in [0.717, 1.165) is 27.5 Å². The van der Waals surface area contributed by atoms with Crippen molar-refractivity contribution in [3.63, 3.8) is 0 Å². The lowest BCUT2D eigenvalue weighted by Crippen LogP contribution is -2.55. The highest BCUT2D eigenvalue weighted by Crippen LogP contribution is 2.34. The number of halogens is 1. The van der Waals surface area contributed by atoms with Crippen molar-refractivity contribution in [3.8, 4) is 11.5 Å². The van der Waals surface area contributed by atoms with Crippen LogP contribution in [0.15, 0.2) is 77.7 Å². The molecule has 0 spiro atoms. The van der Waals surface area contributed by atoms with Gasteiger partial charge in [0.05, 0.1) is 14.2 Å². The standard InChI is InChI=1S/C32H39ClN2O4S/c1-22(2)20-32(3,33)31(37)35(25-10-8-7-9-11-25)28(30(36)34-4)18-24-14-17-27(39-6)19-29(24)40-21-23-12-15-26(38-5)16-13-23/h7-17,19,22,28H,18,20-21H2,1-6H3,(H,34,36)/t28-,32?/m0/s1. The molecule has 8 heteroatoms. The highest BCUT2D eigenvalue weighted by Gasteiger charge is 2.41. The van der Waals surface area contributed by atoms with E-state index in [-0.39, 0.29) is 17.7 Å². The molecule has 0 fully saturated rings. The first kappa shape index (κ1) is 31.4. The van der Waals surface area contributed by atoms with E-state index < -0.39 is 10.9 Å². The van der Waals surface area contributed by atoms with Crippen molar-refractivity contribution in [1.82, 2.24) is 5.32 Å². The molecule has 0 saturated heterocycles. The van der Waals surface area contributed by atoms with Gasteiger partial charge in [0.1, 0.15) is 22.4 Å². The number of likely N-dealkylation sites (N-methyl/N-ethyl adjacent to an activating group) is 1. The van der Waals surface area contributed by atoms with E-state index in [1.807, 2.05) is 86.6 Å². The van der Waals surface area contributed by atoms with E-state index in [4.69, 9.17) is 21.1 Å². The largest absolute Gasteiger partial charge is 0.497 e. The molecular weight excluding hydrogens is 544 g/mol. The second kappa shape index (κ2) is 14.5. The van der Waals surface area contributed by atoms with Crippen LogP contribution >= 0.6 is 23.4 Å². The molecule has 40 heavy (non-hydrogen) atoms. The summed E-state index contributed by atoms with van der Waals surface area (Å²) >= 11 is 8.53. The maximum atomic E-state index is 14.1. The van der Waals surface area contributed by atoms with E-state index in [1.165, 1.54) is 0 Å². The Kier molecular flexibility index (Phi) is 11.3. The number of nitrogens with one attached hydrogen (secondary N) is 1. The molecule has 0 aliphatic rings. The van der Waals surface area contributed by atoms with E-state index in [2.05, 4.69) is 5.32 Å². The highest BCUT2D eigenvalue weighted by atomic mass is 35.5. The van der Waals surface area contributed by atoms with E-state index in [1.54, 1.807) is 44.9 Å². The summed E-state index contributed by atoms with van der Waals surface area (Å²) in [4.78, 5) is 28.9. The van der Waals surface area contributed by atoms with Gasteiger partial charge in [-0.2, -0.15) is 0 Å². The van der Waals surface area contributed by atoms with Gasteiger partial charge in [-0.1, -0.05) is 50.2 Å². The number of methoxy groups -OCH3 is 2. The third-order valence-corrected chi connectivity index (χ3v) is 8.08. The lowest BCUT2D eigenvalue weighted by Gasteiger charge is -2.36. The molecule has 2 atom stereocenters. The molecule has 6 nitrogen and oxygen atoms in total. The molecular formula is C32H39ClN2O4S. The van der Waals surface area contributed by atoms with Crippen molar-refractivity contribution in [2.45, 2.75) is 55.2 Å². The molecule has 0 heterocycles. The average Bonchev–Trinajstić information content (AvgIpc) is 2.95. The van der Waals surface area contributed by atoms with Crippen LogP contribution < -0.4 is 19.7 Å². The Balaban J connectivity index is 2.02. The Labute approximate surface area is 247 Å². The van der Waals surface area contributed by atoms with Crippen LogP contribution in [-0.2, 0) is 21.8 Å². The minimum absolute atomic E-state index is 0.199. The smallest absolute Gasteiger partial charge is 0.248 e. The fourth-order valence-corrected chi connectivity index (χ4v) is 6.11. The van der Waals surface area contributed by atoms with Gasteiger partial charge in [-0.25, -0.2) is 0 Å². The zero-order valence-corrected chi connectivity index (χ0v) is 25.6. The lowest BCUT2D eigenvalue weighted by molar-refractivity contribution is -0.127. The van der Waals surface area contributed by atoms with Crippen LogP contribution in [0.5, 0.6) is 11.5 Å². The van der Waals surface area contributed by atoms with Crippen molar-refractivity contribution in [1.29, 1.82) is 0 Å². The topological polar surface area (TPSA) is 67.9 Å². The van der Waals surface area contributed by atoms with Gasteiger partial charge in [0, 0.05) is 29.8 Å². The fraction of sp³-hybridized carbons (Fsp3) is 0.375. The number of nitrogens with zero attached hydrogens (tertiary/aromatic N) is 1. The number of para-hydroxylation sites is 1. The Morgan fingerprint density at radius 2 is 1.60 bits per heavy atom. The molecule has 1 N–H and O–H groups in total. The molecule has 3 aromatic rings. The molecule has 0 radical (unpaired) electrons. The number of amides is 2. The summed E-state index contributed by atoms with van der Waals surface area (Å²) in [5, 5.41) is 2.77. The minimum Gasteiger partial charge on any atom is -0.497 e.